The lowest BCUT2D eigenvalue weighted by atomic mass is 9.79. The van der Waals surface area contributed by atoms with Crippen LogP contribution in [0.25, 0.3) is 0 Å². The molecule has 0 unspecified atom stereocenters. The standard InChI is InChI=1S/C38H57N5O5S2/c1-22(2)14-29(18-35-39-24(5)20-49-35)40-36(46)30-21-50-37(41-30)34(48-25(6)44)19-31(23(3)4)42(7)38(47)28(15-26-8-9-26)17-33(45)32-16-27-10-12-43(32)13-11-27/h20-23,26-29,31-32,34H,8-19H2,1-7H3,(H,40,46)/t28-,29-,31-,32-,34-/m1/s1. The summed E-state index contributed by atoms with van der Waals surface area (Å²) in [6.07, 6.45) is 7.62. The van der Waals surface area contributed by atoms with Crippen molar-refractivity contribution < 1.29 is 23.9 Å². The maximum atomic E-state index is 14.3. The average molecular weight is 728 g/mol. The maximum Gasteiger partial charge on any atom is 0.303 e. The number of aryl methyl sites for hydroxylation is 1. The van der Waals surface area contributed by atoms with E-state index in [1.165, 1.54) is 31.1 Å². The highest BCUT2D eigenvalue weighted by Gasteiger charge is 2.41. The Bertz CT molecular complexity index is 1480. The first-order chi connectivity index (χ1) is 23.8. The van der Waals surface area contributed by atoms with Crippen LogP contribution >= 0.6 is 22.7 Å². The summed E-state index contributed by atoms with van der Waals surface area (Å²) < 4.78 is 5.84. The number of carbonyl (C=O) groups is 4. The number of piperidine rings is 3. The highest BCUT2D eigenvalue weighted by Crippen LogP contribution is 2.39. The molecular formula is C38H57N5O5S2. The van der Waals surface area contributed by atoms with Crippen LogP contribution in [0.3, 0.4) is 0 Å². The molecule has 2 amide bonds. The molecule has 5 heterocycles. The first-order valence-corrected chi connectivity index (χ1v) is 20.4. The summed E-state index contributed by atoms with van der Waals surface area (Å²) in [4.78, 5) is 67.1. The molecule has 276 valence electrons. The number of aromatic nitrogens is 2. The number of nitrogens with zero attached hydrogens (tertiary/aromatic N) is 4. The van der Waals surface area contributed by atoms with Gasteiger partial charge in [0.25, 0.3) is 5.91 Å². The molecule has 0 radical (unpaired) electrons. The molecule has 4 fully saturated rings. The molecule has 5 atom stereocenters. The van der Waals surface area contributed by atoms with Gasteiger partial charge in [0.05, 0.1) is 11.0 Å². The van der Waals surface area contributed by atoms with Gasteiger partial charge in [0.2, 0.25) is 5.91 Å². The van der Waals surface area contributed by atoms with Crippen LogP contribution in [-0.4, -0.2) is 81.6 Å². The number of hydrogen-bond acceptors (Lipinski definition) is 10. The third kappa shape index (κ3) is 10.4. The first-order valence-electron chi connectivity index (χ1n) is 18.6. The van der Waals surface area contributed by atoms with Gasteiger partial charge in [0.15, 0.2) is 11.9 Å². The molecule has 3 aliphatic heterocycles. The van der Waals surface area contributed by atoms with Gasteiger partial charge in [0.1, 0.15) is 10.7 Å². The number of ether oxygens (including phenoxy) is 1. The minimum atomic E-state index is -0.722. The number of nitrogens with one attached hydrogen (secondary N) is 1. The monoisotopic (exact) mass is 727 g/mol. The molecule has 6 rings (SSSR count). The van der Waals surface area contributed by atoms with Gasteiger partial charge in [-0.25, -0.2) is 9.97 Å². The molecule has 4 aliphatic rings. The summed E-state index contributed by atoms with van der Waals surface area (Å²) in [6.45, 7) is 13.7. The van der Waals surface area contributed by atoms with Crippen molar-refractivity contribution in [2.75, 3.05) is 20.1 Å². The van der Waals surface area contributed by atoms with E-state index in [0.717, 1.165) is 55.9 Å². The minimum absolute atomic E-state index is 0.00711. The van der Waals surface area contributed by atoms with E-state index in [1.54, 1.807) is 21.6 Å². The van der Waals surface area contributed by atoms with Crippen molar-refractivity contribution in [3.05, 3.63) is 32.2 Å². The number of carbonyl (C=O) groups excluding carboxylic acids is 4. The van der Waals surface area contributed by atoms with E-state index in [4.69, 9.17) is 4.74 Å². The Morgan fingerprint density at radius 1 is 1.02 bits per heavy atom. The van der Waals surface area contributed by atoms with E-state index in [0.29, 0.717) is 35.6 Å². The van der Waals surface area contributed by atoms with Crippen LogP contribution in [0.2, 0.25) is 0 Å². The van der Waals surface area contributed by atoms with Crippen molar-refractivity contribution in [1.82, 2.24) is 25.1 Å². The van der Waals surface area contributed by atoms with Gasteiger partial charge >= 0.3 is 5.97 Å². The number of thiazole rings is 2. The van der Waals surface area contributed by atoms with Crippen LogP contribution in [0.15, 0.2) is 10.8 Å². The van der Waals surface area contributed by atoms with Crippen molar-refractivity contribution >= 4 is 46.2 Å². The van der Waals surface area contributed by atoms with Gasteiger partial charge in [-0.15, -0.1) is 22.7 Å². The van der Waals surface area contributed by atoms with Gasteiger partial charge < -0.3 is 15.0 Å². The molecule has 2 aromatic rings. The second-order valence-corrected chi connectivity index (χ2v) is 17.7. The lowest BCUT2D eigenvalue weighted by molar-refractivity contribution is -0.149. The molecule has 1 aliphatic carbocycles. The highest BCUT2D eigenvalue weighted by molar-refractivity contribution is 7.10. The smallest absolute Gasteiger partial charge is 0.303 e. The fourth-order valence-corrected chi connectivity index (χ4v) is 9.62. The van der Waals surface area contributed by atoms with E-state index in [2.05, 4.69) is 47.9 Å². The minimum Gasteiger partial charge on any atom is -0.455 e. The van der Waals surface area contributed by atoms with Gasteiger partial charge in [-0.2, -0.15) is 0 Å². The van der Waals surface area contributed by atoms with Gasteiger partial charge in [-0.3, -0.25) is 24.1 Å². The number of ketones is 1. The van der Waals surface area contributed by atoms with E-state index >= 15 is 0 Å². The summed E-state index contributed by atoms with van der Waals surface area (Å²) in [7, 11) is 1.83. The second kappa shape index (κ2) is 17.2. The molecule has 3 saturated heterocycles. The summed E-state index contributed by atoms with van der Waals surface area (Å²) in [5.41, 5.74) is 1.26. The Morgan fingerprint density at radius 3 is 2.30 bits per heavy atom. The van der Waals surface area contributed by atoms with Crippen molar-refractivity contribution in [3.8, 4) is 0 Å². The molecule has 2 bridgehead atoms. The molecule has 0 spiro atoms. The highest BCUT2D eigenvalue weighted by atomic mass is 32.1. The number of hydrogen-bond donors (Lipinski definition) is 1. The Hall–Kier alpha value is -2.70. The predicted octanol–water partition coefficient (Wildman–Crippen LogP) is 6.63. The molecule has 50 heavy (non-hydrogen) atoms. The fraction of sp³-hybridized carbons (Fsp3) is 0.737. The normalized spacial score (nSPS) is 22.6. The number of Topliss-reactive ketones (excluding diaryl/α,β-unsaturated/α-hetero) is 1. The van der Waals surface area contributed by atoms with Crippen molar-refractivity contribution in [1.29, 1.82) is 0 Å². The van der Waals surface area contributed by atoms with Crippen molar-refractivity contribution in [3.63, 3.8) is 0 Å². The Labute approximate surface area is 306 Å². The predicted molar refractivity (Wildman–Crippen MR) is 197 cm³/mol. The van der Waals surface area contributed by atoms with Crippen molar-refractivity contribution in [2.45, 2.75) is 130 Å². The molecular weight excluding hydrogens is 671 g/mol. The van der Waals surface area contributed by atoms with E-state index in [-0.39, 0.29) is 59.7 Å². The molecule has 12 heteroatoms. The first kappa shape index (κ1) is 38.5. The molecule has 1 saturated carbocycles. The number of esters is 1. The third-order valence-electron chi connectivity index (χ3n) is 10.7. The van der Waals surface area contributed by atoms with Crippen LogP contribution < -0.4 is 5.32 Å². The number of rotatable bonds is 18. The summed E-state index contributed by atoms with van der Waals surface area (Å²) >= 11 is 2.89. The second-order valence-electron chi connectivity index (χ2n) is 15.8. The fourth-order valence-electron chi connectivity index (χ4n) is 7.92. The zero-order chi connectivity index (χ0) is 36.1. The van der Waals surface area contributed by atoms with Crippen LogP contribution in [0.1, 0.15) is 125 Å². The average Bonchev–Trinajstić information content (AvgIpc) is 3.57. The Morgan fingerprint density at radius 2 is 1.74 bits per heavy atom. The van der Waals surface area contributed by atoms with Gasteiger partial charge in [-0.1, -0.05) is 40.5 Å². The lowest BCUT2D eigenvalue weighted by Gasteiger charge is -2.45. The zero-order valence-electron chi connectivity index (χ0n) is 31.0. The van der Waals surface area contributed by atoms with E-state index in [9.17, 15) is 19.2 Å². The van der Waals surface area contributed by atoms with Gasteiger partial charge in [-0.05, 0) is 75.8 Å². The van der Waals surface area contributed by atoms with Crippen LogP contribution in [0.5, 0.6) is 0 Å². The SMILES string of the molecule is CC(=O)O[C@H](C[C@H](C(C)C)N(C)C(=O)[C@@H](CC(=O)[C@H]1CC2CCN1CC2)CC1CC1)c1nc(C(=O)N[C@@H](Cc2nc(C)cs2)CC(C)C)cs1. The van der Waals surface area contributed by atoms with Gasteiger partial charge in [0, 0.05) is 67.7 Å². The maximum absolute atomic E-state index is 14.3. The van der Waals surface area contributed by atoms with Crippen LogP contribution in [-0.2, 0) is 25.5 Å². The zero-order valence-corrected chi connectivity index (χ0v) is 32.6. The molecule has 1 N–H and O–H groups in total. The van der Waals surface area contributed by atoms with Crippen molar-refractivity contribution in [2.24, 2.45) is 29.6 Å². The quantitative estimate of drug-likeness (QED) is 0.170. The van der Waals surface area contributed by atoms with Crippen LogP contribution in [0.4, 0.5) is 0 Å². The molecule has 0 aromatic carbocycles. The lowest BCUT2D eigenvalue weighted by Crippen LogP contribution is -2.53. The molecule has 10 nitrogen and oxygen atoms in total. The van der Waals surface area contributed by atoms with E-state index in [1.807, 2.05) is 19.4 Å². The van der Waals surface area contributed by atoms with E-state index < -0.39 is 12.1 Å². The number of amides is 2. The summed E-state index contributed by atoms with van der Waals surface area (Å²) in [5, 5.41) is 8.42. The Balaban J connectivity index is 1.27. The molecule has 2 aromatic heterocycles. The number of fused-ring (bicyclic) bond motifs is 3. The topological polar surface area (TPSA) is 122 Å². The Kier molecular flexibility index (Phi) is 13.3. The third-order valence-corrected chi connectivity index (χ3v) is 12.6. The summed E-state index contributed by atoms with van der Waals surface area (Å²) in [6, 6.07) is -0.408. The largest absolute Gasteiger partial charge is 0.455 e. The van der Waals surface area contributed by atoms with Crippen LogP contribution in [0, 0.1) is 36.5 Å². The summed E-state index contributed by atoms with van der Waals surface area (Å²) in [5.74, 6) is 0.711.